The zero-order chi connectivity index (χ0) is 11.4. The molecule has 0 radical (unpaired) electrons. The molecule has 5 nitrogen and oxygen atoms in total. The molecule has 0 amide bonds. The van der Waals surface area contributed by atoms with Crippen molar-refractivity contribution in [3.05, 3.63) is 29.8 Å². The van der Waals surface area contributed by atoms with Gasteiger partial charge in [-0.1, -0.05) is 24.3 Å². The minimum absolute atomic E-state index is 0.219. The van der Waals surface area contributed by atoms with Crippen LogP contribution in [-0.2, 0) is 11.2 Å². The molecule has 0 aliphatic rings. The molecule has 1 atom stereocenters. The van der Waals surface area contributed by atoms with Crippen LogP contribution >= 0.6 is 0 Å². The van der Waals surface area contributed by atoms with Crippen LogP contribution in [0.25, 0.3) is 0 Å². The molecule has 1 rings (SSSR count). The molecule has 1 aromatic rings. The zero-order valence-electron chi connectivity index (χ0n) is 8.00. The molecular formula is C9H12BNO4. The van der Waals surface area contributed by atoms with Gasteiger partial charge in [-0.3, -0.25) is 4.79 Å². The van der Waals surface area contributed by atoms with Gasteiger partial charge in [-0.05, 0) is 17.4 Å². The molecule has 0 aliphatic carbocycles. The molecule has 6 heteroatoms. The van der Waals surface area contributed by atoms with Crippen molar-refractivity contribution >= 4 is 18.6 Å². The normalized spacial score (nSPS) is 12.2. The molecule has 15 heavy (non-hydrogen) atoms. The van der Waals surface area contributed by atoms with Gasteiger partial charge in [-0.25, -0.2) is 0 Å². The number of aliphatic carboxylic acids is 1. The summed E-state index contributed by atoms with van der Waals surface area (Å²) >= 11 is 0. The van der Waals surface area contributed by atoms with Crippen LogP contribution in [0, 0.1) is 0 Å². The van der Waals surface area contributed by atoms with E-state index in [0.717, 1.165) is 5.56 Å². The number of carboxylic acid groups (broad SMARTS) is 1. The lowest BCUT2D eigenvalue weighted by Gasteiger charge is -2.07. The Balaban J connectivity index is 2.68. The van der Waals surface area contributed by atoms with Crippen molar-refractivity contribution in [2.75, 3.05) is 0 Å². The van der Waals surface area contributed by atoms with Crippen molar-refractivity contribution in [1.29, 1.82) is 0 Å². The van der Waals surface area contributed by atoms with Gasteiger partial charge in [0.1, 0.15) is 6.04 Å². The van der Waals surface area contributed by atoms with Crippen LogP contribution in [0.5, 0.6) is 0 Å². The highest BCUT2D eigenvalue weighted by atomic mass is 16.4. The van der Waals surface area contributed by atoms with Crippen molar-refractivity contribution in [2.24, 2.45) is 5.73 Å². The van der Waals surface area contributed by atoms with E-state index in [1.807, 2.05) is 0 Å². The summed E-state index contributed by atoms with van der Waals surface area (Å²) in [5, 5.41) is 26.2. The minimum Gasteiger partial charge on any atom is -0.480 e. The van der Waals surface area contributed by atoms with Gasteiger partial charge in [0.25, 0.3) is 0 Å². The van der Waals surface area contributed by atoms with E-state index in [4.69, 9.17) is 20.9 Å². The smallest absolute Gasteiger partial charge is 0.480 e. The lowest BCUT2D eigenvalue weighted by Crippen LogP contribution is -2.33. The van der Waals surface area contributed by atoms with Crippen LogP contribution in [-0.4, -0.2) is 34.3 Å². The largest absolute Gasteiger partial charge is 0.488 e. The Morgan fingerprint density at radius 1 is 1.33 bits per heavy atom. The summed E-state index contributed by atoms with van der Waals surface area (Å²) in [5.74, 6) is -1.05. The highest BCUT2D eigenvalue weighted by Gasteiger charge is 2.13. The molecule has 1 aromatic carbocycles. The van der Waals surface area contributed by atoms with Gasteiger partial charge in [0.2, 0.25) is 0 Å². The van der Waals surface area contributed by atoms with Crippen LogP contribution in [0.2, 0.25) is 0 Å². The fourth-order valence-electron chi connectivity index (χ4n) is 1.17. The summed E-state index contributed by atoms with van der Waals surface area (Å²) in [7, 11) is -1.51. The first-order chi connectivity index (χ1) is 7.00. The number of carboxylic acids is 1. The minimum atomic E-state index is -1.51. The third kappa shape index (κ3) is 3.36. The van der Waals surface area contributed by atoms with Crippen molar-refractivity contribution in [3.8, 4) is 0 Å². The Labute approximate surface area is 87.3 Å². The Hall–Kier alpha value is -1.37. The predicted octanol–water partition coefficient (Wildman–Crippen LogP) is -1.68. The fraction of sp³-hybridized carbons (Fsp3) is 0.222. The van der Waals surface area contributed by atoms with Crippen LogP contribution in [0.4, 0.5) is 0 Å². The van der Waals surface area contributed by atoms with Crippen molar-refractivity contribution in [1.82, 2.24) is 0 Å². The van der Waals surface area contributed by atoms with Crippen LogP contribution in [0.1, 0.15) is 5.56 Å². The molecule has 0 aliphatic heterocycles. The van der Waals surface area contributed by atoms with Crippen molar-refractivity contribution < 1.29 is 19.9 Å². The molecule has 0 fully saturated rings. The first-order valence-corrected chi connectivity index (χ1v) is 4.44. The van der Waals surface area contributed by atoms with E-state index < -0.39 is 19.1 Å². The topological polar surface area (TPSA) is 104 Å². The molecule has 0 saturated carbocycles. The highest BCUT2D eigenvalue weighted by molar-refractivity contribution is 6.58. The average Bonchev–Trinajstić information content (AvgIpc) is 2.18. The van der Waals surface area contributed by atoms with Gasteiger partial charge < -0.3 is 20.9 Å². The van der Waals surface area contributed by atoms with Gasteiger partial charge >= 0.3 is 13.1 Å². The molecule has 0 saturated heterocycles. The second kappa shape index (κ2) is 4.93. The van der Waals surface area contributed by atoms with Gasteiger partial charge in [-0.2, -0.15) is 0 Å². The van der Waals surface area contributed by atoms with Crippen LogP contribution in [0.15, 0.2) is 24.3 Å². The van der Waals surface area contributed by atoms with E-state index in [9.17, 15) is 4.79 Å². The van der Waals surface area contributed by atoms with E-state index in [1.165, 1.54) is 12.1 Å². The van der Waals surface area contributed by atoms with Gasteiger partial charge in [-0.15, -0.1) is 0 Å². The van der Waals surface area contributed by atoms with Gasteiger partial charge in [0.15, 0.2) is 0 Å². The molecule has 0 bridgehead atoms. The fourth-order valence-corrected chi connectivity index (χ4v) is 1.17. The maximum atomic E-state index is 10.5. The SMILES string of the molecule is N[C@H](Cc1ccc([10B](O)O)cc1)C(=O)O. The molecule has 0 spiro atoms. The maximum absolute atomic E-state index is 10.5. The van der Waals surface area contributed by atoms with E-state index >= 15 is 0 Å². The average molecular weight is 208 g/mol. The molecule has 80 valence electrons. The quantitative estimate of drug-likeness (QED) is 0.442. The van der Waals surface area contributed by atoms with Gasteiger partial charge in [0.05, 0.1) is 0 Å². The Bertz CT molecular complexity index is 338. The first kappa shape index (κ1) is 11.7. The number of hydrogen-bond acceptors (Lipinski definition) is 4. The van der Waals surface area contributed by atoms with Crippen LogP contribution < -0.4 is 11.2 Å². The molecule has 0 aromatic heterocycles. The second-order valence-corrected chi connectivity index (χ2v) is 3.26. The molecule has 0 unspecified atom stereocenters. The van der Waals surface area contributed by atoms with Crippen molar-refractivity contribution in [2.45, 2.75) is 12.5 Å². The summed E-state index contributed by atoms with van der Waals surface area (Å²) in [6, 6.07) is 5.35. The number of nitrogens with two attached hydrogens (primary N) is 1. The monoisotopic (exact) mass is 208 g/mol. The number of benzene rings is 1. The Morgan fingerprint density at radius 3 is 2.27 bits per heavy atom. The highest BCUT2D eigenvalue weighted by Crippen LogP contribution is 2.01. The lowest BCUT2D eigenvalue weighted by molar-refractivity contribution is -0.138. The van der Waals surface area contributed by atoms with E-state index in [1.54, 1.807) is 12.1 Å². The summed E-state index contributed by atoms with van der Waals surface area (Å²) in [6.07, 6.45) is 0.219. The first-order valence-electron chi connectivity index (χ1n) is 4.44. The lowest BCUT2D eigenvalue weighted by atomic mass is 9.26. The molecule has 5 N–H and O–H groups in total. The van der Waals surface area contributed by atoms with Crippen molar-refractivity contribution in [3.63, 3.8) is 0 Å². The third-order valence-electron chi connectivity index (χ3n) is 2.05. The van der Waals surface area contributed by atoms with E-state index in [-0.39, 0.29) is 6.42 Å². The number of rotatable bonds is 4. The maximum Gasteiger partial charge on any atom is 0.488 e. The van der Waals surface area contributed by atoms with Gasteiger partial charge in [0, 0.05) is 0 Å². The third-order valence-corrected chi connectivity index (χ3v) is 2.05. The number of hydrogen-bond donors (Lipinski definition) is 4. The summed E-state index contributed by atoms with van der Waals surface area (Å²) in [6.45, 7) is 0. The Kier molecular flexibility index (Phi) is 3.84. The Morgan fingerprint density at radius 2 is 1.87 bits per heavy atom. The van der Waals surface area contributed by atoms with E-state index in [2.05, 4.69) is 0 Å². The number of carbonyl (C=O) groups is 1. The van der Waals surface area contributed by atoms with E-state index in [0.29, 0.717) is 5.46 Å². The molecular weight excluding hydrogens is 196 g/mol. The predicted molar refractivity (Wildman–Crippen MR) is 55.6 cm³/mol. The summed E-state index contributed by atoms with van der Waals surface area (Å²) in [4.78, 5) is 10.5. The standard InChI is InChI=1S/C9H12BNO4/c11-8(9(12)13)5-6-1-3-7(4-2-6)10(14)15/h1-4,8,14-15H,5,11H2,(H,12,13)/t8-/m1/s1/i10-1. The second-order valence-electron chi connectivity index (χ2n) is 3.26. The summed E-state index contributed by atoms with van der Waals surface area (Å²) in [5.41, 5.74) is 6.46. The molecule has 0 heterocycles. The summed E-state index contributed by atoms with van der Waals surface area (Å²) < 4.78 is 0. The van der Waals surface area contributed by atoms with Crippen LogP contribution in [0.3, 0.4) is 0 Å². The zero-order valence-corrected chi connectivity index (χ0v) is 8.00.